The number of rotatable bonds is 12. The maximum absolute atomic E-state index is 11.8. The summed E-state index contributed by atoms with van der Waals surface area (Å²) in [7, 11) is -0.589. The number of nitro benzene ring substituents is 1. The Morgan fingerprint density at radius 3 is 2.26 bits per heavy atom. The number of nitrogens with zero attached hydrogens (tertiary/aromatic N) is 4. The Bertz CT molecular complexity index is 1370. The minimum absolute atomic E-state index is 0. The zero-order chi connectivity index (χ0) is 26.6. The number of methoxy groups -OCH3 is 2. The average molecular weight is 571 g/mol. The maximum Gasteiger partial charge on any atom is 0.276 e. The van der Waals surface area contributed by atoms with E-state index in [1.807, 2.05) is 0 Å². The van der Waals surface area contributed by atoms with Crippen LogP contribution in [0.5, 0.6) is 11.5 Å². The molecule has 0 amide bonds. The monoisotopic (exact) mass is 570 g/mol. The molecule has 0 radical (unpaired) electrons. The van der Waals surface area contributed by atoms with E-state index >= 15 is 0 Å². The first-order valence-corrected chi connectivity index (χ1v) is 13.0. The molecule has 2 aromatic carbocycles. The van der Waals surface area contributed by atoms with Gasteiger partial charge in [0.15, 0.2) is 11.5 Å². The lowest BCUT2D eigenvalue weighted by atomic mass is 10.0. The lowest BCUT2D eigenvalue weighted by Crippen LogP contribution is -2.34. The van der Waals surface area contributed by atoms with E-state index < -0.39 is 15.0 Å². The van der Waals surface area contributed by atoms with Crippen LogP contribution in [0.3, 0.4) is 0 Å². The number of nitro groups is 1. The molecule has 206 valence electrons. The highest BCUT2D eigenvalue weighted by Gasteiger charge is 2.31. The molecule has 0 bridgehead atoms. The van der Waals surface area contributed by atoms with Gasteiger partial charge in [0.05, 0.1) is 60.8 Å². The fraction of sp³-hybridized carbons (Fsp3) is 0.391. The van der Waals surface area contributed by atoms with Crippen LogP contribution in [0.2, 0.25) is 0 Å². The molecule has 38 heavy (non-hydrogen) atoms. The highest BCUT2D eigenvalue weighted by molar-refractivity contribution is 7.85. The Morgan fingerprint density at radius 2 is 1.66 bits per heavy atom. The molecule has 0 saturated carbocycles. The molecule has 0 N–H and O–H groups in total. The largest absolute Gasteiger partial charge is 0.487 e. The summed E-state index contributed by atoms with van der Waals surface area (Å²) in [4.78, 5) is 22.2. The molecule has 2 heterocycles. The Hall–Kier alpha value is -3.30. The predicted octanol–water partition coefficient (Wildman–Crippen LogP) is 3.11. The number of halogens is 1. The Labute approximate surface area is 225 Å². The van der Waals surface area contributed by atoms with Crippen LogP contribution in [0, 0.1) is 10.1 Å². The Balaban J connectivity index is 0.00000400. The maximum atomic E-state index is 11.8. The van der Waals surface area contributed by atoms with Gasteiger partial charge in [0.1, 0.15) is 19.0 Å². The summed E-state index contributed by atoms with van der Waals surface area (Å²) in [6.07, 6.45) is 2.47. The lowest BCUT2D eigenvalue weighted by Gasteiger charge is -2.30. The molecule has 0 unspecified atom stereocenters. The van der Waals surface area contributed by atoms with Crippen molar-refractivity contribution in [2.75, 3.05) is 46.9 Å². The summed E-state index contributed by atoms with van der Waals surface area (Å²) in [5.41, 5.74) is 2.07. The first-order chi connectivity index (χ1) is 17.7. The highest BCUT2D eigenvalue weighted by atomic mass is 35.5. The van der Waals surface area contributed by atoms with Crippen LogP contribution in [0.15, 0.2) is 34.3 Å². The summed E-state index contributed by atoms with van der Waals surface area (Å²) < 4.78 is 49.5. The normalized spacial score (nSPS) is 13.6. The number of benzene rings is 2. The van der Waals surface area contributed by atoms with Gasteiger partial charge in [0.25, 0.3) is 15.8 Å². The van der Waals surface area contributed by atoms with Crippen molar-refractivity contribution in [2.24, 2.45) is 9.98 Å². The Kier molecular flexibility index (Phi) is 9.62. The number of amidine groups is 1. The summed E-state index contributed by atoms with van der Waals surface area (Å²) >= 11 is 0. The van der Waals surface area contributed by atoms with E-state index in [1.165, 1.54) is 6.07 Å². The van der Waals surface area contributed by atoms with Crippen LogP contribution in [0.4, 0.5) is 17.1 Å². The van der Waals surface area contributed by atoms with E-state index in [4.69, 9.17) is 28.1 Å². The number of hydrogen-bond donors (Lipinski definition) is 0. The van der Waals surface area contributed by atoms with E-state index in [-0.39, 0.29) is 37.9 Å². The second kappa shape index (κ2) is 12.5. The molecule has 15 heteroatoms. The third kappa shape index (κ3) is 6.76. The van der Waals surface area contributed by atoms with Gasteiger partial charge in [-0.15, -0.1) is 12.4 Å². The van der Waals surface area contributed by atoms with Crippen molar-refractivity contribution in [3.8, 4) is 11.5 Å². The van der Waals surface area contributed by atoms with Gasteiger partial charge < -0.3 is 23.8 Å². The zero-order valence-electron chi connectivity index (χ0n) is 20.9. The van der Waals surface area contributed by atoms with Crippen molar-refractivity contribution in [3.05, 3.63) is 51.1 Å². The minimum atomic E-state index is -3.74. The van der Waals surface area contributed by atoms with Crippen molar-refractivity contribution in [1.29, 1.82) is 0 Å². The van der Waals surface area contributed by atoms with Gasteiger partial charge in [-0.3, -0.25) is 14.3 Å². The van der Waals surface area contributed by atoms with Crippen LogP contribution in [-0.4, -0.2) is 77.3 Å². The van der Waals surface area contributed by atoms with Gasteiger partial charge in [-0.1, -0.05) is 0 Å². The number of aliphatic imine (C=N–C) groups is 2. The molecule has 0 fully saturated rings. The molecule has 0 saturated heterocycles. The molecular weight excluding hydrogens is 544 g/mol. The van der Waals surface area contributed by atoms with Crippen molar-refractivity contribution < 1.29 is 36.5 Å². The molecule has 2 aliphatic rings. The molecule has 4 rings (SSSR count). The number of fused-ring (bicyclic) bond motifs is 4. The summed E-state index contributed by atoms with van der Waals surface area (Å²) in [6, 6.07) is 6.37. The molecule has 0 spiro atoms. The average Bonchev–Trinajstić information content (AvgIpc) is 2.85. The fourth-order valence-corrected chi connectivity index (χ4v) is 4.13. The van der Waals surface area contributed by atoms with Gasteiger partial charge >= 0.3 is 0 Å². The van der Waals surface area contributed by atoms with Gasteiger partial charge in [0, 0.05) is 31.9 Å². The van der Waals surface area contributed by atoms with Crippen LogP contribution in [-0.2, 0) is 36.9 Å². The van der Waals surface area contributed by atoms with Gasteiger partial charge in [-0.25, -0.2) is 9.98 Å². The van der Waals surface area contributed by atoms with Crippen molar-refractivity contribution >= 4 is 51.8 Å². The zero-order valence-corrected chi connectivity index (χ0v) is 22.5. The molecule has 13 nitrogen and oxygen atoms in total. The minimum Gasteiger partial charge on any atom is -0.487 e. The van der Waals surface area contributed by atoms with E-state index in [9.17, 15) is 18.5 Å². The summed E-state index contributed by atoms with van der Waals surface area (Å²) in [5.74, 6) is 1.44. The quantitative estimate of drug-likeness (QED) is 0.161. The van der Waals surface area contributed by atoms with Crippen LogP contribution >= 0.6 is 12.4 Å². The van der Waals surface area contributed by atoms with E-state index in [1.54, 1.807) is 43.7 Å². The first kappa shape index (κ1) is 29.3. The molecule has 0 aromatic heterocycles. The van der Waals surface area contributed by atoms with Crippen LogP contribution < -0.4 is 9.47 Å². The molecule has 0 atom stereocenters. The van der Waals surface area contributed by atoms with Crippen LogP contribution in [0.25, 0.3) is 0 Å². The Morgan fingerprint density at radius 1 is 1.00 bits per heavy atom. The van der Waals surface area contributed by atoms with Gasteiger partial charge in [-0.2, -0.15) is 8.42 Å². The van der Waals surface area contributed by atoms with Crippen molar-refractivity contribution in [1.82, 2.24) is 4.90 Å². The molecule has 2 aromatic rings. The van der Waals surface area contributed by atoms with E-state index in [2.05, 4.69) is 4.99 Å². The van der Waals surface area contributed by atoms with Crippen molar-refractivity contribution in [3.63, 3.8) is 0 Å². The second-order valence-electron chi connectivity index (χ2n) is 8.14. The predicted molar refractivity (Wildman–Crippen MR) is 141 cm³/mol. The third-order valence-electron chi connectivity index (χ3n) is 5.46. The third-order valence-corrected chi connectivity index (χ3v) is 6.00. The van der Waals surface area contributed by atoms with Gasteiger partial charge in [-0.05, 0) is 17.7 Å². The molecule has 0 aliphatic carbocycles. The second-order valence-corrected chi connectivity index (χ2v) is 9.79. The number of ether oxygens (including phenoxy) is 4. The standard InChI is InChI=1S/C23H26N4O9S.ClH/c1-32-4-6-34-21-10-16-18(11-22(21)35-7-5-33-2)24-14-26-12-17-19(25-23(16)26)8-15(9-20(17)27(28)29)13-36-37(3,30)31;/h8-11,14H,4-7,12-13H2,1-3H3;1H. The summed E-state index contributed by atoms with van der Waals surface area (Å²) in [6.45, 7) is 1.15. The smallest absolute Gasteiger partial charge is 0.276 e. The first-order valence-electron chi connectivity index (χ1n) is 11.2. The van der Waals surface area contributed by atoms with E-state index in [0.717, 1.165) is 6.26 Å². The highest BCUT2D eigenvalue weighted by Crippen LogP contribution is 2.42. The van der Waals surface area contributed by atoms with Crippen molar-refractivity contribution in [2.45, 2.75) is 13.2 Å². The van der Waals surface area contributed by atoms with Gasteiger partial charge in [0.2, 0.25) is 0 Å². The fourth-order valence-electron chi connectivity index (χ4n) is 3.78. The number of hydrogen-bond acceptors (Lipinski definition) is 12. The van der Waals surface area contributed by atoms with E-state index in [0.29, 0.717) is 65.2 Å². The lowest BCUT2D eigenvalue weighted by molar-refractivity contribution is -0.385. The topological polar surface area (TPSA) is 151 Å². The summed E-state index contributed by atoms with van der Waals surface area (Å²) in [5, 5.41) is 11.8. The molecular formula is C23H27ClN4O9S. The molecule has 2 aliphatic heterocycles. The SMILES string of the molecule is COCCOc1cc2c(cc1OCCOC)C1=Nc3cc(COS(C)(=O)=O)cc([N+](=O)[O-])c3CN1C=N2.Cl. The van der Waals surface area contributed by atoms with Crippen LogP contribution in [0.1, 0.15) is 16.7 Å².